The molecule has 0 radical (unpaired) electrons. The van der Waals surface area contributed by atoms with Crippen LogP contribution in [-0.2, 0) is 9.53 Å². The fourth-order valence-electron chi connectivity index (χ4n) is 0.631. The van der Waals surface area contributed by atoms with Crippen LogP contribution < -0.4 is 5.73 Å². The maximum atomic E-state index is 12.2. The molecule has 0 rings (SSSR count). The van der Waals surface area contributed by atoms with E-state index in [1.54, 1.807) is 5.92 Å². The van der Waals surface area contributed by atoms with Gasteiger partial charge in [0.15, 0.2) is 0 Å². The number of esters is 1. The number of ether oxygens (including phenoxy) is 1. The van der Waals surface area contributed by atoms with Crippen molar-refractivity contribution in [2.24, 2.45) is 5.73 Å². The summed E-state index contributed by atoms with van der Waals surface area (Å²) in [5.41, 5.74) is 1.70. The molecule has 0 fully saturated rings. The van der Waals surface area contributed by atoms with Crippen molar-refractivity contribution in [3.05, 3.63) is 0 Å². The van der Waals surface area contributed by atoms with E-state index in [2.05, 4.69) is 11.2 Å². The zero-order valence-electron chi connectivity index (χ0n) is 6.81. The maximum Gasteiger partial charge on any atom is 0.418 e. The van der Waals surface area contributed by atoms with Crippen LogP contribution in [-0.4, -0.2) is 24.8 Å². The Bertz CT molecular complexity index is 243. The summed E-state index contributed by atoms with van der Waals surface area (Å²) in [4.78, 5) is 10.7. The highest BCUT2D eigenvalue weighted by molar-refractivity contribution is 5.82. The molecule has 0 aromatic carbocycles. The smallest absolute Gasteiger partial charge is 0.418 e. The summed E-state index contributed by atoms with van der Waals surface area (Å²) in [5.74, 6) is 0.0990. The van der Waals surface area contributed by atoms with Crippen molar-refractivity contribution >= 4 is 5.97 Å². The van der Waals surface area contributed by atoms with E-state index >= 15 is 0 Å². The van der Waals surface area contributed by atoms with Gasteiger partial charge in [-0.05, 0) is 0 Å². The Labute approximate surface area is 73.0 Å². The van der Waals surface area contributed by atoms with E-state index in [0.717, 1.165) is 7.11 Å². The highest BCUT2D eigenvalue weighted by Crippen LogP contribution is 2.31. The molecule has 0 aliphatic carbocycles. The predicted octanol–water partition coefficient (Wildman–Crippen LogP) is 0.442. The lowest BCUT2D eigenvalue weighted by Crippen LogP contribution is -2.59. The number of rotatable bonds is 2. The van der Waals surface area contributed by atoms with E-state index in [-0.39, 0.29) is 0 Å². The van der Waals surface area contributed by atoms with Crippen LogP contribution in [0.5, 0.6) is 0 Å². The first-order valence-corrected chi connectivity index (χ1v) is 3.17. The third kappa shape index (κ3) is 2.12. The molecule has 2 N–H and O–H groups in total. The Balaban J connectivity index is 4.97. The van der Waals surface area contributed by atoms with Crippen LogP contribution >= 0.6 is 0 Å². The minimum absolute atomic E-state index is 0.812. The quantitative estimate of drug-likeness (QED) is 0.514. The molecule has 0 saturated heterocycles. The van der Waals surface area contributed by atoms with Crippen LogP contribution in [0.25, 0.3) is 0 Å². The molecule has 0 unspecified atom stereocenters. The number of terminal acetylenes is 1. The van der Waals surface area contributed by atoms with Gasteiger partial charge in [0.1, 0.15) is 0 Å². The number of carbonyl (C=O) groups is 1. The molecule has 1 atom stereocenters. The maximum absolute atomic E-state index is 12.2. The van der Waals surface area contributed by atoms with Gasteiger partial charge < -0.3 is 10.5 Å². The number of hydrogen-bond donors (Lipinski definition) is 1. The second-order valence-corrected chi connectivity index (χ2v) is 2.34. The largest absolute Gasteiger partial charge is 0.467 e. The van der Waals surface area contributed by atoms with Crippen LogP contribution in [0.1, 0.15) is 6.42 Å². The Morgan fingerprint density at radius 2 is 2.08 bits per heavy atom. The van der Waals surface area contributed by atoms with E-state index in [1.165, 1.54) is 0 Å². The third-order valence-corrected chi connectivity index (χ3v) is 1.44. The normalized spacial score (nSPS) is 15.7. The Hall–Kier alpha value is -1.22. The fraction of sp³-hybridized carbons (Fsp3) is 0.571. The summed E-state index contributed by atoms with van der Waals surface area (Å²) >= 11 is 0. The topological polar surface area (TPSA) is 52.3 Å². The van der Waals surface area contributed by atoms with Crippen LogP contribution in [0, 0.1) is 12.3 Å². The molecule has 0 aromatic heterocycles. The van der Waals surface area contributed by atoms with E-state index in [0.29, 0.717) is 0 Å². The second kappa shape index (κ2) is 3.66. The second-order valence-electron chi connectivity index (χ2n) is 2.34. The first-order chi connectivity index (χ1) is 5.79. The highest BCUT2D eigenvalue weighted by atomic mass is 19.4. The van der Waals surface area contributed by atoms with Gasteiger partial charge in [-0.15, -0.1) is 12.3 Å². The van der Waals surface area contributed by atoms with Crippen molar-refractivity contribution < 1.29 is 22.7 Å². The molecule has 0 amide bonds. The zero-order valence-corrected chi connectivity index (χ0v) is 6.81. The van der Waals surface area contributed by atoms with Gasteiger partial charge in [0.2, 0.25) is 5.54 Å². The Kier molecular flexibility index (Phi) is 3.32. The average Bonchev–Trinajstić information content (AvgIpc) is 2.01. The molecule has 0 saturated carbocycles. The van der Waals surface area contributed by atoms with Crippen LogP contribution in [0.4, 0.5) is 13.2 Å². The van der Waals surface area contributed by atoms with E-state index in [4.69, 9.17) is 5.73 Å². The van der Waals surface area contributed by atoms with Gasteiger partial charge in [0.25, 0.3) is 0 Å². The molecule has 6 heteroatoms. The average molecular weight is 195 g/mol. The van der Waals surface area contributed by atoms with Crippen molar-refractivity contribution in [1.29, 1.82) is 0 Å². The minimum atomic E-state index is -4.91. The number of nitrogens with two attached hydrogens (primary N) is 1. The van der Waals surface area contributed by atoms with Crippen molar-refractivity contribution in [2.45, 2.75) is 18.1 Å². The summed E-state index contributed by atoms with van der Waals surface area (Å²) in [6.07, 6.45) is -1.19. The van der Waals surface area contributed by atoms with E-state index in [1.807, 2.05) is 0 Å². The summed E-state index contributed by atoms with van der Waals surface area (Å²) in [6.45, 7) is 0. The van der Waals surface area contributed by atoms with Crippen molar-refractivity contribution in [3.8, 4) is 12.3 Å². The highest BCUT2D eigenvalue weighted by Gasteiger charge is 2.58. The summed E-state index contributed by atoms with van der Waals surface area (Å²) < 4.78 is 40.5. The van der Waals surface area contributed by atoms with Gasteiger partial charge in [0, 0.05) is 6.42 Å². The molecular weight excluding hydrogens is 187 g/mol. The van der Waals surface area contributed by atoms with Crippen LogP contribution in [0.2, 0.25) is 0 Å². The number of methoxy groups -OCH3 is 1. The van der Waals surface area contributed by atoms with Gasteiger partial charge in [-0.25, -0.2) is 4.79 Å². The lowest BCUT2D eigenvalue weighted by molar-refractivity contribution is -0.202. The van der Waals surface area contributed by atoms with Gasteiger partial charge in [-0.1, -0.05) is 0 Å². The molecule has 74 valence electrons. The van der Waals surface area contributed by atoms with Crippen LogP contribution in [0.15, 0.2) is 0 Å². The van der Waals surface area contributed by atoms with Crippen molar-refractivity contribution in [2.75, 3.05) is 7.11 Å². The molecule has 0 bridgehead atoms. The zero-order chi connectivity index (χ0) is 10.7. The Morgan fingerprint density at radius 1 is 1.62 bits per heavy atom. The molecule has 0 heterocycles. The SMILES string of the molecule is C#CC[C@](N)(C(=O)OC)C(F)(F)F. The van der Waals surface area contributed by atoms with Gasteiger partial charge in [-0.3, -0.25) is 0 Å². The minimum Gasteiger partial charge on any atom is -0.467 e. The standard InChI is InChI=1S/C7H8F3NO2/c1-3-4-6(11,5(12)13-2)7(8,9)10/h1H,4,11H2,2H3/t6-/m0/s1. The number of halogens is 3. The molecule has 0 aromatic rings. The molecule has 0 aliphatic rings. The lowest BCUT2D eigenvalue weighted by Gasteiger charge is -2.26. The molecule has 3 nitrogen and oxygen atoms in total. The third-order valence-electron chi connectivity index (χ3n) is 1.44. The van der Waals surface area contributed by atoms with Gasteiger partial charge in [-0.2, -0.15) is 13.2 Å². The molecular formula is C7H8F3NO2. The summed E-state index contributed by atoms with van der Waals surface area (Å²) in [7, 11) is 0.812. The number of hydrogen-bond acceptors (Lipinski definition) is 3. The predicted molar refractivity (Wildman–Crippen MR) is 38.4 cm³/mol. The van der Waals surface area contributed by atoms with Gasteiger partial charge in [0.05, 0.1) is 7.11 Å². The van der Waals surface area contributed by atoms with E-state index < -0.39 is 24.1 Å². The van der Waals surface area contributed by atoms with Crippen molar-refractivity contribution in [1.82, 2.24) is 0 Å². The molecule has 0 spiro atoms. The number of alkyl halides is 3. The molecule has 13 heavy (non-hydrogen) atoms. The Morgan fingerprint density at radius 3 is 2.31 bits per heavy atom. The van der Waals surface area contributed by atoms with Crippen molar-refractivity contribution in [3.63, 3.8) is 0 Å². The fourth-order valence-corrected chi connectivity index (χ4v) is 0.631. The molecule has 0 aliphatic heterocycles. The summed E-state index contributed by atoms with van der Waals surface area (Å²) in [6, 6.07) is 0. The van der Waals surface area contributed by atoms with Gasteiger partial charge >= 0.3 is 12.1 Å². The first-order valence-electron chi connectivity index (χ1n) is 3.17. The summed E-state index contributed by atoms with van der Waals surface area (Å²) in [5, 5.41) is 0. The van der Waals surface area contributed by atoms with E-state index in [9.17, 15) is 18.0 Å². The monoisotopic (exact) mass is 195 g/mol. The lowest BCUT2D eigenvalue weighted by atomic mass is 9.96. The first kappa shape index (κ1) is 11.8. The van der Waals surface area contributed by atoms with Crippen LogP contribution in [0.3, 0.4) is 0 Å². The number of carbonyl (C=O) groups excluding carboxylic acids is 1.